The van der Waals surface area contributed by atoms with Crippen molar-refractivity contribution in [2.24, 2.45) is 0 Å². The first-order chi connectivity index (χ1) is 13.2. The van der Waals surface area contributed by atoms with Gasteiger partial charge in [-0.2, -0.15) is 5.10 Å². The van der Waals surface area contributed by atoms with Gasteiger partial charge < -0.3 is 14.8 Å². The molecular weight excluding hydrogens is 356 g/mol. The molecule has 0 fully saturated rings. The average molecular weight is 386 g/mol. The monoisotopic (exact) mass is 386 g/mol. The van der Waals surface area contributed by atoms with Gasteiger partial charge in [-0.15, -0.1) is 0 Å². The van der Waals surface area contributed by atoms with Crippen molar-refractivity contribution in [3.8, 4) is 11.5 Å². The summed E-state index contributed by atoms with van der Waals surface area (Å²) in [4.78, 5) is 14.8. The number of aryl methyl sites for hydroxylation is 1. The number of amides is 1. The van der Waals surface area contributed by atoms with Crippen LogP contribution in [0.4, 0.5) is 5.82 Å². The van der Waals surface area contributed by atoms with Gasteiger partial charge in [0.1, 0.15) is 5.82 Å². The van der Waals surface area contributed by atoms with Crippen LogP contribution in [0.15, 0.2) is 18.2 Å². The van der Waals surface area contributed by atoms with E-state index in [0.29, 0.717) is 13.1 Å². The maximum absolute atomic E-state index is 12.7. The van der Waals surface area contributed by atoms with E-state index in [1.807, 2.05) is 29.8 Å². The van der Waals surface area contributed by atoms with Crippen molar-refractivity contribution < 1.29 is 14.3 Å². The molecule has 0 aliphatic carbocycles. The van der Waals surface area contributed by atoms with Crippen LogP contribution in [-0.2, 0) is 23.3 Å². The zero-order valence-electron chi connectivity index (χ0n) is 17.6. The Bertz CT molecular complexity index is 867. The standard InChI is InChI=1S/C21H30N4O3/c1-14-9-19(25(23-14)21(2,3)4)22-20(26)13-24-8-7-15-10-17(27-5)18(28-6)11-16(15)12-24/h9-11H,7-8,12-13H2,1-6H3,(H,22,26). The second-order valence-electron chi connectivity index (χ2n) is 8.24. The van der Waals surface area contributed by atoms with Gasteiger partial charge in [0, 0.05) is 19.2 Å². The predicted molar refractivity (Wildman–Crippen MR) is 109 cm³/mol. The van der Waals surface area contributed by atoms with Crippen molar-refractivity contribution in [2.75, 3.05) is 32.6 Å². The van der Waals surface area contributed by atoms with Gasteiger partial charge >= 0.3 is 0 Å². The summed E-state index contributed by atoms with van der Waals surface area (Å²) in [5.74, 6) is 2.17. The predicted octanol–water partition coefficient (Wildman–Crippen LogP) is 2.96. The van der Waals surface area contributed by atoms with Crippen molar-refractivity contribution in [2.45, 2.75) is 46.2 Å². The topological polar surface area (TPSA) is 68.6 Å². The molecule has 2 aromatic rings. The van der Waals surface area contributed by atoms with E-state index in [1.54, 1.807) is 14.2 Å². The summed E-state index contributed by atoms with van der Waals surface area (Å²) >= 11 is 0. The summed E-state index contributed by atoms with van der Waals surface area (Å²) < 4.78 is 12.7. The van der Waals surface area contributed by atoms with E-state index in [1.165, 1.54) is 11.1 Å². The normalized spacial score (nSPS) is 14.5. The van der Waals surface area contributed by atoms with Crippen molar-refractivity contribution in [1.29, 1.82) is 0 Å². The second-order valence-corrected chi connectivity index (χ2v) is 8.24. The Kier molecular flexibility index (Phi) is 5.65. The number of nitrogens with one attached hydrogen (secondary N) is 1. The molecule has 3 rings (SSSR count). The van der Waals surface area contributed by atoms with E-state index >= 15 is 0 Å². The zero-order valence-corrected chi connectivity index (χ0v) is 17.6. The quantitative estimate of drug-likeness (QED) is 0.856. The first-order valence-electron chi connectivity index (χ1n) is 9.54. The Labute approximate surface area is 166 Å². The van der Waals surface area contributed by atoms with E-state index in [4.69, 9.17) is 9.47 Å². The first-order valence-corrected chi connectivity index (χ1v) is 9.54. The maximum Gasteiger partial charge on any atom is 0.239 e. The van der Waals surface area contributed by atoms with Gasteiger partial charge in [-0.05, 0) is 57.4 Å². The summed E-state index contributed by atoms with van der Waals surface area (Å²) in [5.41, 5.74) is 3.11. The van der Waals surface area contributed by atoms with Gasteiger partial charge in [0.25, 0.3) is 0 Å². The summed E-state index contributed by atoms with van der Waals surface area (Å²) in [7, 11) is 3.28. The molecule has 0 spiro atoms. The number of aromatic nitrogens is 2. The zero-order chi connectivity index (χ0) is 20.5. The molecule has 2 heterocycles. The molecule has 28 heavy (non-hydrogen) atoms. The van der Waals surface area contributed by atoms with E-state index in [9.17, 15) is 4.79 Å². The van der Waals surface area contributed by atoms with Crippen LogP contribution in [0, 0.1) is 6.92 Å². The molecule has 0 atom stereocenters. The molecule has 1 aromatic carbocycles. The highest BCUT2D eigenvalue weighted by molar-refractivity contribution is 5.91. The summed E-state index contributed by atoms with van der Waals surface area (Å²) in [6, 6.07) is 5.96. The number of hydrogen-bond donors (Lipinski definition) is 1. The van der Waals surface area contributed by atoms with Gasteiger partial charge in [-0.25, -0.2) is 4.68 Å². The number of carbonyl (C=O) groups is 1. The Hall–Kier alpha value is -2.54. The molecule has 0 saturated carbocycles. The van der Waals surface area contributed by atoms with Crippen LogP contribution in [-0.4, -0.2) is 47.9 Å². The lowest BCUT2D eigenvalue weighted by molar-refractivity contribution is -0.117. The molecule has 0 unspecified atom stereocenters. The molecule has 152 valence electrons. The Morgan fingerprint density at radius 3 is 2.39 bits per heavy atom. The molecule has 1 aliphatic rings. The minimum atomic E-state index is -0.198. The van der Waals surface area contributed by atoms with E-state index < -0.39 is 0 Å². The van der Waals surface area contributed by atoms with Crippen molar-refractivity contribution in [1.82, 2.24) is 14.7 Å². The lowest BCUT2D eigenvalue weighted by atomic mass is 9.99. The van der Waals surface area contributed by atoms with Crippen LogP contribution in [0.3, 0.4) is 0 Å². The first kappa shape index (κ1) is 20.2. The van der Waals surface area contributed by atoms with Gasteiger partial charge in [-0.1, -0.05) is 0 Å². The number of fused-ring (bicyclic) bond motifs is 1. The van der Waals surface area contributed by atoms with E-state index in [-0.39, 0.29) is 11.4 Å². The fourth-order valence-electron chi connectivity index (χ4n) is 3.56. The fourth-order valence-corrected chi connectivity index (χ4v) is 3.56. The highest BCUT2D eigenvalue weighted by atomic mass is 16.5. The minimum Gasteiger partial charge on any atom is -0.493 e. The Morgan fingerprint density at radius 1 is 1.14 bits per heavy atom. The van der Waals surface area contributed by atoms with Crippen LogP contribution < -0.4 is 14.8 Å². The van der Waals surface area contributed by atoms with Crippen molar-refractivity contribution in [3.63, 3.8) is 0 Å². The SMILES string of the molecule is COc1cc2c(cc1OC)CN(CC(=O)Nc1cc(C)nn1C(C)(C)C)CC2. The minimum absolute atomic E-state index is 0.0330. The van der Waals surface area contributed by atoms with Crippen LogP contribution in [0.25, 0.3) is 0 Å². The van der Waals surface area contributed by atoms with Gasteiger partial charge in [0.2, 0.25) is 5.91 Å². The molecule has 1 N–H and O–H groups in total. The fraction of sp³-hybridized carbons (Fsp3) is 0.524. The van der Waals surface area contributed by atoms with Gasteiger partial charge in [0.15, 0.2) is 11.5 Å². The van der Waals surface area contributed by atoms with Crippen LogP contribution in [0.1, 0.15) is 37.6 Å². The molecular formula is C21H30N4O3. The number of anilines is 1. The Morgan fingerprint density at radius 2 is 1.79 bits per heavy atom. The average Bonchev–Trinajstić information content (AvgIpc) is 3.00. The third-order valence-electron chi connectivity index (χ3n) is 4.90. The van der Waals surface area contributed by atoms with E-state index in [0.717, 1.165) is 36.0 Å². The number of benzene rings is 1. The number of hydrogen-bond acceptors (Lipinski definition) is 5. The van der Waals surface area contributed by atoms with E-state index in [2.05, 4.69) is 36.1 Å². The molecule has 0 radical (unpaired) electrons. The number of nitrogens with zero attached hydrogens (tertiary/aromatic N) is 3. The highest BCUT2D eigenvalue weighted by Crippen LogP contribution is 2.33. The summed E-state index contributed by atoms with van der Waals surface area (Å²) in [6.07, 6.45) is 0.877. The molecule has 1 aromatic heterocycles. The van der Waals surface area contributed by atoms with Crippen molar-refractivity contribution in [3.05, 3.63) is 35.0 Å². The molecule has 1 amide bonds. The van der Waals surface area contributed by atoms with Crippen LogP contribution in [0.2, 0.25) is 0 Å². The lowest BCUT2D eigenvalue weighted by Gasteiger charge is -2.29. The smallest absolute Gasteiger partial charge is 0.239 e. The summed E-state index contributed by atoms with van der Waals surface area (Å²) in [5, 5.41) is 7.53. The van der Waals surface area contributed by atoms with Crippen LogP contribution in [0.5, 0.6) is 11.5 Å². The van der Waals surface area contributed by atoms with Crippen LogP contribution >= 0.6 is 0 Å². The number of carbonyl (C=O) groups excluding carboxylic acids is 1. The molecule has 7 nitrogen and oxygen atoms in total. The second kappa shape index (κ2) is 7.83. The summed E-state index contributed by atoms with van der Waals surface area (Å²) in [6.45, 7) is 10.0. The third kappa shape index (κ3) is 4.30. The highest BCUT2D eigenvalue weighted by Gasteiger charge is 2.23. The largest absolute Gasteiger partial charge is 0.493 e. The lowest BCUT2D eigenvalue weighted by Crippen LogP contribution is -2.38. The number of rotatable bonds is 5. The maximum atomic E-state index is 12.7. The Balaban J connectivity index is 1.68. The van der Waals surface area contributed by atoms with Gasteiger partial charge in [0.05, 0.1) is 32.0 Å². The number of methoxy groups -OCH3 is 2. The molecule has 0 saturated heterocycles. The molecule has 0 bridgehead atoms. The van der Waals surface area contributed by atoms with Gasteiger partial charge in [-0.3, -0.25) is 9.69 Å². The van der Waals surface area contributed by atoms with Crippen molar-refractivity contribution >= 4 is 11.7 Å². The third-order valence-corrected chi connectivity index (χ3v) is 4.90. The number of ether oxygens (including phenoxy) is 2. The molecule has 1 aliphatic heterocycles. The molecule has 7 heteroatoms.